The highest BCUT2D eigenvalue weighted by Gasteiger charge is 2.65. The van der Waals surface area contributed by atoms with E-state index in [1.165, 1.54) is 0 Å². The molecule has 9 heteroatoms. The summed E-state index contributed by atoms with van der Waals surface area (Å²) < 4.78 is 21.0. The predicted octanol–water partition coefficient (Wildman–Crippen LogP) is 9.85. The fourth-order valence-corrected chi connectivity index (χ4v) is 9.80. The van der Waals surface area contributed by atoms with Gasteiger partial charge in [0.25, 0.3) is 0 Å². The third kappa shape index (κ3) is 8.80. The van der Waals surface area contributed by atoms with Crippen LogP contribution in [0.1, 0.15) is 74.8 Å². The van der Waals surface area contributed by atoms with E-state index in [1.54, 1.807) is 6.08 Å². The fourth-order valence-electron chi connectivity index (χ4n) is 9.80. The highest BCUT2D eigenvalue weighted by molar-refractivity contribution is 6.03. The maximum absolute atomic E-state index is 14.1. The van der Waals surface area contributed by atoms with E-state index in [4.69, 9.17) is 24.2 Å². The van der Waals surface area contributed by atoms with Crippen LogP contribution in [0.3, 0.4) is 0 Å². The number of ether oxygens (including phenoxy) is 3. The largest absolute Gasteiger partial charge is 0.459 e. The van der Waals surface area contributed by atoms with Crippen LogP contribution in [0.5, 0.6) is 17.2 Å². The fraction of sp³-hybridized carbons (Fsp3) is 0.412. The van der Waals surface area contributed by atoms with Crippen LogP contribution in [0.25, 0.3) is 11.1 Å². The highest BCUT2D eigenvalue weighted by atomic mass is 16.7. The molecule has 0 saturated heterocycles. The Hall–Kier alpha value is -5.22. The summed E-state index contributed by atoms with van der Waals surface area (Å²) in [6, 6.07) is 34.0. The molecule has 2 saturated carbocycles. The van der Waals surface area contributed by atoms with Gasteiger partial charge >= 0.3 is 0 Å². The number of hydrogen-bond donors (Lipinski definition) is 2. The Balaban J connectivity index is 1.25. The van der Waals surface area contributed by atoms with Gasteiger partial charge in [-0.05, 0) is 103 Å². The van der Waals surface area contributed by atoms with E-state index in [-0.39, 0.29) is 55.3 Å². The number of carbonyl (C=O) groups excluding carboxylic acids is 1. The zero-order chi connectivity index (χ0) is 41.5. The molecule has 2 N–H and O–H groups in total. The molecule has 314 valence electrons. The zero-order valence-corrected chi connectivity index (χ0v) is 34.7. The van der Waals surface area contributed by atoms with Crippen molar-refractivity contribution in [3.05, 3.63) is 139 Å². The van der Waals surface area contributed by atoms with E-state index >= 15 is 0 Å². The molecule has 4 aromatic carbocycles. The summed E-state index contributed by atoms with van der Waals surface area (Å²) in [4.78, 5) is 22.1. The Morgan fingerprint density at radius 1 is 0.883 bits per heavy atom. The molecule has 0 aromatic heterocycles. The molecule has 0 spiro atoms. The Labute approximate surface area is 354 Å². The molecule has 6 atom stereocenters. The zero-order valence-electron chi connectivity index (χ0n) is 34.7. The van der Waals surface area contributed by atoms with Gasteiger partial charge in [-0.15, -0.1) is 6.58 Å². The second-order valence-corrected chi connectivity index (χ2v) is 16.7. The first-order valence-corrected chi connectivity index (χ1v) is 21.8. The van der Waals surface area contributed by atoms with E-state index in [0.717, 1.165) is 77.8 Å². The lowest BCUT2D eigenvalue weighted by molar-refractivity contribution is -0.255. The van der Waals surface area contributed by atoms with Crippen LogP contribution >= 0.6 is 0 Å². The van der Waals surface area contributed by atoms with E-state index in [2.05, 4.69) is 43.0 Å². The van der Waals surface area contributed by atoms with Gasteiger partial charge < -0.3 is 34.2 Å². The molecule has 1 amide bonds. The van der Waals surface area contributed by atoms with Gasteiger partial charge in [0, 0.05) is 44.1 Å². The van der Waals surface area contributed by atoms with Gasteiger partial charge in [0.2, 0.25) is 11.7 Å². The molecule has 6 unspecified atom stereocenters. The number of hydrogen-bond acceptors (Lipinski definition) is 8. The highest BCUT2D eigenvalue weighted by Crippen LogP contribution is 2.62. The molecule has 3 aliphatic carbocycles. The van der Waals surface area contributed by atoms with Gasteiger partial charge in [0.1, 0.15) is 29.9 Å². The molecule has 0 bridgehead atoms. The summed E-state index contributed by atoms with van der Waals surface area (Å²) in [7, 11) is 1.88. The van der Waals surface area contributed by atoms with Gasteiger partial charge in [-0.1, -0.05) is 103 Å². The summed E-state index contributed by atoms with van der Waals surface area (Å²) in [5.74, 6) is 0.674. The average Bonchev–Trinajstić information content (AvgIpc) is 4.14. The molecule has 1 aliphatic heterocycles. The normalized spacial score (nSPS) is 24.7. The summed E-state index contributed by atoms with van der Waals surface area (Å²) in [5.41, 5.74) is 6.09. The average molecular weight is 811 g/mol. The van der Waals surface area contributed by atoms with Crippen molar-refractivity contribution in [1.29, 1.82) is 0 Å². The van der Waals surface area contributed by atoms with Crippen molar-refractivity contribution in [2.24, 2.45) is 28.8 Å². The van der Waals surface area contributed by atoms with Crippen molar-refractivity contribution >= 4 is 11.6 Å². The Bertz CT molecular complexity index is 2130. The minimum atomic E-state index is -1.27. The lowest BCUT2D eigenvalue weighted by Gasteiger charge is -2.59. The summed E-state index contributed by atoms with van der Waals surface area (Å²) in [6.45, 7) is 4.82. The first-order chi connectivity index (χ1) is 29.4. The molecule has 4 aliphatic rings. The van der Waals surface area contributed by atoms with Crippen LogP contribution in [-0.4, -0.2) is 65.4 Å². The van der Waals surface area contributed by atoms with Gasteiger partial charge in [-0.3, -0.25) is 4.79 Å². The first kappa shape index (κ1) is 41.5. The van der Waals surface area contributed by atoms with Crippen LogP contribution in [-0.2, 0) is 21.0 Å². The van der Waals surface area contributed by atoms with E-state index in [9.17, 15) is 15.0 Å². The van der Waals surface area contributed by atoms with Crippen LogP contribution in [0.2, 0.25) is 0 Å². The lowest BCUT2D eigenvalue weighted by atomic mass is 9.55. The number of aliphatic hydroxyl groups is 2. The maximum atomic E-state index is 14.1. The minimum Gasteiger partial charge on any atom is -0.459 e. The topological polar surface area (TPSA) is 110 Å². The third-order valence-corrected chi connectivity index (χ3v) is 12.8. The SMILES string of the molecule is C=CCOC12Oc3ccc(Oc4ccc(-c5ccccc5)cc4)cc3C3C(CCCCO)C(CCCCO)C=C(C(=NOCc4ccccc4)CC1N(C)C(=O)C1CC1)C32. The second kappa shape index (κ2) is 19.0. The van der Waals surface area contributed by atoms with E-state index in [1.807, 2.05) is 84.7 Å². The molecular formula is C51H58N2O7. The maximum Gasteiger partial charge on any atom is 0.239 e. The van der Waals surface area contributed by atoms with E-state index in [0.29, 0.717) is 37.4 Å². The van der Waals surface area contributed by atoms with Crippen molar-refractivity contribution in [1.82, 2.24) is 4.90 Å². The van der Waals surface area contributed by atoms with Crippen molar-refractivity contribution in [2.75, 3.05) is 26.9 Å². The number of carbonyl (C=O) groups is 1. The molecule has 1 heterocycles. The number of allylic oxidation sites excluding steroid dienone is 1. The van der Waals surface area contributed by atoms with Crippen LogP contribution in [0.15, 0.2) is 133 Å². The number of unbranched alkanes of at least 4 members (excludes halogenated alkanes) is 2. The Kier molecular flexibility index (Phi) is 13.2. The number of oxime groups is 1. The molecule has 60 heavy (non-hydrogen) atoms. The monoisotopic (exact) mass is 810 g/mol. The quantitative estimate of drug-likeness (QED) is 0.0552. The predicted molar refractivity (Wildman–Crippen MR) is 234 cm³/mol. The van der Waals surface area contributed by atoms with Crippen molar-refractivity contribution in [2.45, 2.75) is 82.1 Å². The summed E-state index contributed by atoms with van der Waals surface area (Å²) in [5, 5.41) is 24.8. The van der Waals surface area contributed by atoms with Crippen LogP contribution in [0, 0.1) is 23.7 Å². The Morgan fingerprint density at radius 2 is 1.57 bits per heavy atom. The van der Waals surface area contributed by atoms with Crippen molar-refractivity contribution in [3.8, 4) is 28.4 Å². The number of aliphatic hydroxyl groups excluding tert-OH is 2. The third-order valence-electron chi connectivity index (χ3n) is 12.8. The van der Waals surface area contributed by atoms with Gasteiger partial charge in [0.05, 0.1) is 18.2 Å². The van der Waals surface area contributed by atoms with Crippen LogP contribution in [0.4, 0.5) is 0 Å². The second-order valence-electron chi connectivity index (χ2n) is 16.7. The lowest BCUT2D eigenvalue weighted by Crippen LogP contribution is -2.69. The standard InChI is InChI=1S/C51H58N2O7/c1-3-30-57-51-47(53(2)50(56)38-20-21-38)33-45(52-58-34-35-14-6-4-7-15-35)43-31-39(18-10-12-28-54)42(19-11-13-29-55)48(49(43)51)44-32-41(26-27-46(44)60-51)59-40-24-22-37(23-25-40)36-16-8-5-9-17-36/h3-9,14-17,22-27,31-32,38-39,42,47-49,54-55H,1,10-13,18-21,28-30,33-34H2,2H3. The molecular weight excluding hydrogens is 753 g/mol. The minimum absolute atomic E-state index is 0.0141. The molecule has 9 nitrogen and oxygen atoms in total. The van der Waals surface area contributed by atoms with E-state index < -0.39 is 11.8 Å². The molecule has 0 radical (unpaired) electrons. The Morgan fingerprint density at radius 3 is 2.27 bits per heavy atom. The number of fused-ring (bicyclic) bond motifs is 2. The van der Waals surface area contributed by atoms with Gasteiger partial charge in [0.15, 0.2) is 0 Å². The number of amides is 1. The van der Waals surface area contributed by atoms with Crippen molar-refractivity contribution in [3.63, 3.8) is 0 Å². The number of rotatable bonds is 19. The summed E-state index contributed by atoms with van der Waals surface area (Å²) >= 11 is 0. The number of benzene rings is 4. The summed E-state index contributed by atoms with van der Waals surface area (Å²) in [6.07, 6.45) is 11.1. The number of nitrogens with zero attached hydrogens (tertiary/aromatic N) is 2. The van der Waals surface area contributed by atoms with Gasteiger partial charge in [-0.2, -0.15) is 0 Å². The molecule has 2 fully saturated rings. The van der Waals surface area contributed by atoms with Crippen molar-refractivity contribution < 1.29 is 34.1 Å². The molecule has 8 rings (SSSR count). The van der Waals surface area contributed by atoms with Gasteiger partial charge in [-0.25, -0.2) is 0 Å². The smallest absolute Gasteiger partial charge is 0.239 e. The molecule has 4 aromatic rings. The van der Waals surface area contributed by atoms with Crippen LogP contribution < -0.4 is 9.47 Å². The number of likely N-dealkylation sites (N-methyl/N-ethyl adjacent to an activating group) is 1. The first-order valence-electron chi connectivity index (χ1n) is 21.8.